The van der Waals surface area contributed by atoms with Crippen molar-refractivity contribution in [2.24, 2.45) is 11.8 Å². The predicted octanol–water partition coefficient (Wildman–Crippen LogP) is 3.35. The van der Waals surface area contributed by atoms with E-state index in [1.54, 1.807) is 12.1 Å². The minimum Gasteiger partial charge on any atom is -0.344 e. The van der Waals surface area contributed by atoms with Crippen molar-refractivity contribution in [2.75, 3.05) is 13.1 Å². The highest BCUT2D eigenvalue weighted by atomic mass is 32.2. The number of hydrogen-bond donors (Lipinski definition) is 2. The van der Waals surface area contributed by atoms with Crippen LogP contribution in [0.5, 0.6) is 0 Å². The van der Waals surface area contributed by atoms with Gasteiger partial charge in [0.25, 0.3) is 10.0 Å². The van der Waals surface area contributed by atoms with Crippen LogP contribution in [-0.2, 0) is 24.4 Å². The van der Waals surface area contributed by atoms with Gasteiger partial charge in [-0.05, 0) is 49.7 Å². The maximum absolute atomic E-state index is 13.7. The summed E-state index contributed by atoms with van der Waals surface area (Å²) in [6.07, 6.45) is 12.9. The van der Waals surface area contributed by atoms with Crippen molar-refractivity contribution in [1.82, 2.24) is 19.9 Å². The average Bonchev–Trinajstić information content (AvgIpc) is 3.06. The summed E-state index contributed by atoms with van der Waals surface area (Å²) in [4.78, 5) is 43.9. The molecular formula is C28H42N4O5S. The van der Waals surface area contributed by atoms with E-state index in [2.05, 4.69) is 15.6 Å². The second-order valence-electron chi connectivity index (χ2n) is 11.5. The van der Waals surface area contributed by atoms with E-state index in [9.17, 15) is 22.8 Å². The van der Waals surface area contributed by atoms with E-state index in [0.29, 0.717) is 31.6 Å². The smallest absolute Gasteiger partial charge is 0.260 e. The molecule has 2 atom stereocenters. The average molecular weight is 547 g/mol. The summed E-state index contributed by atoms with van der Waals surface area (Å²) >= 11 is 0. The molecule has 3 fully saturated rings. The van der Waals surface area contributed by atoms with Gasteiger partial charge in [-0.3, -0.25) is 14.4 Å². The first kappa shape index (κ1) is 28.7. The molecule has 0 radical (unpaired) electrons. The Labute approximate surface area is 226 Å². The molecule has 2 amide bonds. The van der Waals surface area contributed by atoms with Crippen molar-refractivity contribution in [3.8, 4) is 0 Å². The van der Waals surface area contributed by atoms with E-state index in [1.165, 1.54) is 44.4 Å². The molecule has 2 aliphatic carbocycles. The summed E-state index contributed by atoms with van der Waals surface area (Å²) < 4.78 is 27.4. The van der Waals surface area contributed by atoms with Crippen LogP contribution in [-0.4, -0.2) is 60.0 Å². The lowest BCUT2D eigenvalue weighted by atomic mass is 9.80. The zero-order valence-electron chi connectivity index (χ0n) is 22.5. The quantitative estimate of drug-likeness (QED) is 0.515. The molecule has 4 rings (SSSR count). The number of carbonyl (C=O) groups is 3. The van der Waals surface area contributed by atoms with Crippen LogP contribution in [0.3, 0.4) is 0 Å². The van der Waals surface area contributed by atoms with Gasteiger partial charge in [0.15, 0.2) is 10.8 Å². The molecule has 10 heteroatoms. The van der Waals surface area contributed by atoms with Gasteiger partial charge in [0.1, 0.15) is 5.54 Å². The lowest BCUT2D eigenvalue weighted by Crippen LogP contribution is -2.62. The van der Waals surface area contributed by atoms with E-state index in [1.807, 2.05) is 6.92 Å². The van der Waals surface area contributed by atoms with Crippen LogP contribution in [0.4, 0.5) is 0 Å². The minimum absolute atomic E-state index is 0.0965. The van der Waals surface area contributed by atoms with Crippen molar-refractivity contribution < 1.29 is 22.8 Å². The molecule has 2 heterocycles. The van der Waals surface area contributed by atoms with Gasteiger partial charge in [0.05, 0.1) is 12.6 Å². The Bertz CT molecular complexity index is 1080. The Balaban J connectivity index is 1.42. The maximum atomic E-state index is 13.7. The first-order valence-electron chi connectivity index (χ1n) is 14.3. The molecule has 1 aromatic rings. The normalized spacial score (nSPS) is 25.3. The number of Topliss-reactive ketones (excluding diaryl/α,β-unsaturated/α-hetero) is 1. The number of pyridine rings is 1. The molecule has 2 saturated carbocycles. The Morgan fingerprint density at radius 3 is 2.47 bits per heavy atom. The third-order valence-electron chi connectivity index (χ3n) is 8.45. The first-order chi connectivity index (χ1) is 18.2. The van der Waals surface area contributed by atoms with E-state index in [4.69, 9.17) is 0 Å². The topological polar surface area (TPSA) is 126 Å². The molecule has 0 aromatic carbocycles. The van der Waals surface area contributed by atoms with Gasteiger partial charge in [-0.25, -0.2) is 13.4 Å². The fraction of sp³-hybridized carbons (Fsp3) is 0.714. The highest BCUT2D eigenvalue weighted by molar-refractivity contribution is 7.89. The van der Waals surface area contributed by atoms with Crippen molar-refractivity contribution in [3.63, 3.8) is 0 Å². The summed E-state index contributed by atoms with van der Waals surface area (Å²) in [7, 11) is -3.94. The predicted molar refractivity (Wildman–Crippen MR) is 143 cm³/mol. The van der Waals surface area contributed by atoms with Gasteiger partial charge in [-0.15, -0.1) is 0 Å². The Hall–Kier alpha value is -2.33. The fourth-order valence-corrected chi connectivity index (χ4v) is 7.72. The monoisotopic (exact) mass is 546 g/mol. The summed E-state index contributed by atoms with van der Waals surface area (Å²) in [5.41, 5.74) is -1.02. The van der Waals surface area contributed by atoms with Crippen LogP contribution in [0.2, 0.25) is 0 Å². The van der Waals surface area contributed by atoms with Crippen molar-refractivity contribution in [2.45, 2.75) is 107 Å². The van der Waals surface area contributed by atoms with E-state index >= 15 is 0 Å². The standard InChI is InChI=1S/C28H42N4O5S/c1-21-18-23(24(33)20-32(19-21)38(36,37)26-12-6-9-17-29-26)30-27(35)28(15-7-3-8-16-28)31-25(34)14-13-22-10-4-2-5-11-22/h6,9,12,17,21-23H,2-5,7-8,10-11,13-16,18-20H2,1H3,(H,30,35)(H,31,34)/t21-,23+/m1/s1. The van der Waals surface area contributed by atoms with Gasteiger partial charge in [0, 0.05) is 19.2 Å². The molecule has 1 aliphatic heterocycles. The van der Waals surface area contributed by atoms with Crippen molar-refractivity contribution >= 4 is 27.6 Å². The van der Waals surface area contributed by atoms with Crippen molar-refractivity contribution in [1.29, 1.82) is 0 Å². The number of nitrogens with zero attached hydrogens (tertiary/aromatic N) is 2. The summed E-state index contributed by atoms with van der Waals surface area (Å²) in [5, 5.41) is 5.91. The number of sulfonamides is 1. The summed E-state index contributed by atoms with van der Waals surface area (Å²) in [6.45, 7) is 1.72. The summed E-state index contributed by atoms with van der Waals surface area (Å²) in [5.74, 6) is -0.342. The SMILES string of the molecule is C[C@@H]1C[C@H](NC(=O)C2(NC(=O)CCC3CCCCC3)CCCCC2)C(=O)CN(S(=O)(=O)c2ccccn2)C1. The molecule has 0 bridgehead atoms. The molecule has 1 saturated heterocycles. The summed E-state index contributed by atoms with van der Waals surface area (Å²) in [6, 6.07) is 3.84. The van der Waals surface area contributed by atoms with Crippen LogP contribution >= 0.6 is 0 Å². The van der Waals surface area contributed by atoms with Gasteiger partial charge in [-0.1, -0.05) is 64.4 Å². The highest BCUT2D eigenvalue weighted by Gasteiger charge is 2.43. The third-order valence-corrected chi connectivity index (χ3v) is 10.2. The zero-order chi connectivity index (χ0) is 27.2. The van der Waals surface area contributed by atoms with Gasteiger partial charge in [0.2, 0.25) is 11.8 Å². The van der Waals surface area contributed by atoms with Crippen LogP contribution in [0.15, 0.2) is 29.4 Å². The largest absolute Gasteiger partial charge is 0.344 e. The Morgan fingerprint density at radius 1 is 1.08 bits per heavy atom. The molecular weight excluding hydrogens is 504 g/mol. The lowest BCUT2D eigenvalue weighted by molar-refractivity contribution is -0.137. The third kappa shape index (κ3) is 7.00. The van der Waals surface area contributed by atoms with E-state index < -0.39 is 21.6 Å². The minimum atomic E-state index is -3.94. The number of amides is 2. The number of hydrogen-bond acceptors (Lipinski definition) is 6. The molecule has 210 valence electrons. The fourth-order valence-electron chi connectivity index (χ4n) is 6.26. The van der Waals surface area contributed by atoms with Gasteiger partial charge >= 0.3 is 0 Å². The molecule has 9 nitrogen and oxygen atoms in total. The van der Waals surface area contributed by atoms with E-state index in [0.717, 1.165) is 30.0 Å². The van der Waals surface area contributed by atoms with Crippen LogP contribution in [0.1, 0.15) is 90.4 Å². The van der Waals surface area contributed by atoms with Gasteiger partial charge in [-0.2, -0.15) is 4.31 Å². The maximum Gasteiger partial charge on any atom is 0.260 e. The molecule has 1 aromatic heterocycles. The number of rotatable bonds is 8. The van der Waals surface area contributed by atoms with Crippen LogP contribution < -0.4 is 10.6 Å². The number of carbonyl (C=O) groups excluding carboxylic acids is 3. The molecule has 2 N–H and O–H groups in total. The molecule has 0 unspecified atom stereocenters. The van der Waals surface area contributed by atoms with E-state index in [-0.39, 0.29) is 41.6 Å². The second kappa shape index (κ2) is 12.7. The lowest BCUT2D eigenvalue weighted by Gasteiger charge is -2.38. The number of ketones is 1. The molecule has 0 spiro atoms. The second-order valence-corrected chi connectivity index (χ2v) is 13.4. The Morgan fingerprint density at radius 2 is 1.79 bits per heavy atom. The number of nitrogens with one attached hydrogen (secondary N) is 2. The van der Waals surface area contributed by atoms with Crippen LogP contribution in [0, 0.1) is 11.8 Å². The van der Waals surface area contributed by atoms with Crippen LogP contribution in [0.25, 0.3) is 0 Å². The highest BCUT2D eigenvalue weighted by Crippen LogP contribution is 2.31. The van der Waals surface area contributed by atoms with Crippen molar-refractivity contribution in [3.05, 3.63) is 24.4 Å². The number of aromatic nitrogens is 1. The molecule has 3 aliphatic rings. The van der Waals surface area contributed by atoms with Gasteiger partial charge < -0.3 is 10.6 Å². The molecule has 38 heavy (non-hydrogen) atoms. The zero-order valence-corrected chi connectivity index (χ0v) is 23.3. The Kier molecular flexibility index (Phi) is 9.57. The first-order valence-corrected chi connectivity index (χ1v) is 15.7.